The molecule has 0 aromatic carbocycles. The van der Waals surface area contributed by atoms with Crippen molar-refractivity contribution in [1.29, 1.82) is 0 Å². The summed E-state index contributed by atoms with van der Waals surface area (Å²) in [6.45, 7) is 19.0. The van der Waals surface area contributed by atoms with E-state index in [0.29, 0.717) is 12.8 Å². The summed E-state index contributed by atoms with van der Waals surface area (Å²) in [4.78, 5) is 25.4. The van der Waals surface area contributed by atoms with Crippen molar-refractivity contribution in [3.8, 4) is 0 Å². The lowest BCUT2D eigenvalue weighted by molar-refractivity contribution is -0.166. The molecule has 0 aromatic heterocycles. The lowest BCUT2D eigenvalue weighted by atomic mass is 9.62. The van der Waals surface area contributed by atoms with Gasteiger partial charge in [0, 0.05) is 5.92 Å². The van der Waals surface area contributed by atoms with E-state index in [1.807, 2.05) is 19.9 Å². The first kappa shape index (κ1) is 20.6. The molecule has 0 bridgehead atoms. The maximum atomic E-state index is 13.0. The van der Waals surface area contributed by atoms with E-state index in [0.717, 1.165) is 6.42 Å². The molecule has 2 saturated heterocycles. The lowest BCUT2D eigenvalue weighted by Gasteiger charge is -2.44. The van der Waals surface area contributed by atoms with E-state index >= 15 is 0 Å². The van der Waals surface area contributed by atoms with Crippen LogP contribution in [0.25, 0.3) is 0 Å². The first-order valence-corrected chi connectivity index (χ1v) is 12.9. The van der Waals surface area contributed by atoms with Gasteiger partial charge in [0.2, 0.25) is 0 Å². The summed E-state index contributed by atoms with van der Waals surface area (Å²) in [5.74, 6) is -0.561. The Labute approximate surface area is 163 Å². The summed E-state index contributed by atoms with van der Waals surface area (Å²) < 4.78 is 18.5. The second-order valence-electron chi connectivity index (χ2n) is 10.4. The van der Waals surface area contributed by atoms with Crippen molar-refractivity contribution in [2.75, 3.05) is 6.61 Å². The average molecular weight is 395 g/mol. The minimum Gasteiger partial charge on any atom is -0.464 e. The van der Waals surface area contributed by atoms with Crippen molar-refractivity contribution < 1.29 is 23.5 Å². The molecule has 0 aromatic rings. The Bertz CT molecular complexity index is 681. The van der Waals surface area contributed by atoms with Crippen LogP contribution in [0.15, 0.2) is 12.7 Å². The minimum atomic E-state index is -2.18. The number of cyclic esters (lactones) is 1. The standard InChI is InChI=1S/C21H34O5Si/c1-9-10-11-21-14(12-15(22)25-21)16(26-27(7,8)18(2,3)4)20(6)17(23)24-13-19(20,21)5/h9,14,16H,1,10-13H2,2-8H3/t14-,16+,19-,20+,21-/m1/s1. The van der Waals surface area contributed by atoms with E-state index < -0.39 is 24.7 Å². The summed E-state index contributed by atoms with van der Waals surface area (Å²) in [6, 6.07) is 0. The number of rotatable bonds is 5. The maximum Gasteiger partial charge on any atom is 0.315 e. The Morgan fingerprint density at radius 3 is 2.48 bits per heavy atom. The highest BCUT2D eigenvalue weighted by Crippen LogP contribution is 2.70. The van der Waals surface area contributed by atoms with Gasteiger partial charge in [-0.1, -0.05) is 33.8 Å². The molecule has 1 saturated carbocycles. The van der Waals surface area contributed by atoms with E-state index in [2.05, 4.69) is 40.4 Å². The fourth-order valence-electron chi connectivity index (χ4n) is 5.19. The smallest absolute Gasteiger partial charge is 0.315 e. The molecular formula is C21H34O5Si. The topological polar surface area (TPSA) is 61.8 Å². The summed E-state index contributed by atoms with van der Waals surface area (Å²) in [5.41, 5.74) is -2.18. The van der Waals surface area contributed by atoms with Gasteiger partial charge in [-0.3, -0.25) is 9.59 Å². The average Bonchev–Trinajstić information content (AvgIpc) is 3.05. The van der Waals surface area contributed by atoms with Crippen LogP contribution in [-0.2, 0) is 23.5 Å². The van der Waals surface area contributed by atoms with Gasteiger partial charge in [0.15, 0.2) is 8.32 Å². The number of allylic oxidation sites excluding steroid dienone is 1. The summed E-state index contributed by atoms with van der Waals surface area (Å²) in [5, 5.41) is -0.00188. The third-order valence-corrected chi connectivity index (χ3v) is 12.6. The zero-order valence-electron chi connectivity index (χ0n) is 17.8. The largest absolute Gasteiger partial charge is 0.464 e. The quantitative estimate of drug-likeness (QED) is 0.397. The first-order valence-electron chi connectivity index (χ1n) is 9.95. The van der Waals surface area contributed by atoms with Crippen LogP contribution in [0, 0.1) is 16.7 Å². The molecule has 27 heavy (non-hydrogen) atoms. The number of ether oxygens (including phenoxy) is 2. The normalized spacial score (nSPS) is 41.1. The van der Waals surface area contributed by atoms with Crippen molar-refractivity contribution in [3.05, 3.63) is 12.7 Å². The summed E-state index contributed by atoms with van der Waals surface area (Å²) in [7, 11) is -2.18. The number of carbonyl (C=O) groups excluding carboxylic acids is 2. The zero-order chi connectivity index (χ0) is 20.5. The zero-order valence-corrected chi connectivity index (χ0v) is 18.8. The number of esters is 2. The Balaban J connectivity index is 2.14. The van der Waals surface area contributed by atoms with Gasteiger partial charge >= 0.3 is 11.9 Å². The van der Waals surface area contributed by atoms with Crippen molar-refractivity contribution in [3.63, 3.8) is 0 Å². The van der Waals surface area contributed by atoms with Crippen LogP contribution in [-0.4, -0.2) is 38.6 Å². The fraction of sp³-hybridized carbons (Fsp3) is 0.810. The number of fused-ring (bicyclic) bond motifs is 3. The molecule has 2 heterocycles. The van der Waals surface area contributed by atoms with Crippen LogP contribution in [0.2, 0.25) is 18.1 Å². The minimum absolute atomic E-state index is 0.00188. The highest BCUT2D eigenvalue weighted by molar-refractivity contribution is 6.74. The third kappa shape index (κ3) is 2.45. The first-order chi connectivity index (χ1) is 12.3. The molecule has 1 aliphatic carbocycles. The van der Waals surface area contributed by atoms with Gasteiger partial charge in [-0.2, -0.15) is 0 Å². The molecule has 0 amide bonds. The number of carbonyl (C=O) groups is 2. The van der Waals surface area contributed by atoms with Crippen molar-refractivity contribution in [2.45, 2.75) is 83.7 Å². The van der Waals surface area contributed by atoms with Crippen LogP contribution in [0.4, 0.5) is 0 Å². The maximum absolute atomic E-state index is 13.0. The molecule has 152 valence electrons. The van der Waals surface area contributed by atoms with E-state index in [9.17, 15) is 9.59 Å². The Morgan fingerprint density at radius 1 is 1.30 bits per heavy atom. The molecular weight excluding hydrogens is 360 g/mol. The van der Waals surface area contributed by atoms with E-state index in [4.69, 9.17) is 13.9 Å². The van der Waals surface area contributed by atoms with Gasteiger partial charge in [0.1, 0.15) is 17.6 Å². The summed E-state index contributed by atoms with van der Waals surface area (Å²) in [6.07, 6.45) is 3.13. The molecule has 6 heteroatoms. The van der Waals surface area contributed by atoms with E-state index in [-0.39, 0.29) is 35.6 Å². The fourth-order valence-corrected chi connectivity index (χ4v) is 6.58. The molecule has 0 unspecified atom stereocenters. The van der Waals surface area contributed by atoms with E-state index in [1.54, 1.807) is 0 Å². The van der Waals surface area contributed by atoms with Gasteiger partial charge in [-0.15, -0.1) is 6.58 Å². The van der Waals surface area contributed by atoms with Crippen molar-refractivity contribution >= 4 is 20.3 Å². The second-order valence-corrected chi connectivity index (χ2v) is 15.2. The molecule has 5 nitrogen and oxygen atoms in total. The van der Waals surface area contributed by atoms with Crippen LogP contribution in [0.3, 0.4) is 0 Å². The predicted molar refractivity (Wildman–Crippen MR) is 106 cm³/mol. The molecule has 0 N–H and O–H groups in total. The molecule has 2 aliphatic heterocycles. The molecule has 3 aliphatic rings. The Morgan fingerprint density at radius 2 is 1.93 bits per heavy atom. The van der Waals surface area contributed by atoms with E-state index in [1.165, 1.54) is 0 Å². The molecule has 0 spiro atoms. The molecule has 3 rings (SSSR count). The summed E-state index contributed by atoms with van der Waals surface area (Å²) >= 11 is 0. The Kier molecular flexibility index (Phi) is 4.52. The van der Waals surface area contributed by atoms with Crippen LogP contribution >= 0.6 is 0 Å². The van der Waals surface area contributed by atoms with Gasteiger partial charge in [0.05, 0.1) is 17.9 Å². The van der Waals surface area contributed by atoms with Crippen molar-refractivity contribution in [2.24, 2.45) is 16.7 Å². The highest BCUT2D eigenvalue weighted by atomic mass is 28.4. The Hall–Kier alpha value is -1.14. The molecule has 3 fully saturated rings. The molecule has 0 radical (unpaired) electrons. The SMILES string of the molecule is C=CCC[C@@]12OC(=O)C[C@@H]1[C@H](O[Si](C)(C)C(C)(C)C)[C@@]1(C)C(=O)OC[C@@]21C. The van der Waals surface area contributed by atoms with Gasteiger partial charge in [0.25, 0.3) is 0 Å². The van der Waals surface area contributed by atoms with Crippen LogP contribution in [0.1, 0.15) is 53.9 Å². The predicted octanol–water partition coefficient (Wildman–Crippen LogP) is 4.23. The lowest BCUT2D eigenvalue weighted by Crippen LogP contribution is -2.53. The van der Waals surface area contributed by atoms with Gasteiger partial charge in [-0.25, -0.2) is 0 Å². The highest BCUT2D eigenvalue weighted by Gasteiger charge is 2.82. The second kappa shape index (κ2) is 5.93. The van der Waals surface area contributed by atoms with Gasteiger partial charge < -0.3 is 13.9 Å². The monoisotopic (exact) mass is 394 g/mol. The molecule has 5 atom stereocenters. The van der Waals surface area contributed by atoms with Gasteiger partial charge in [-0.05, 0) is 37.9 Å². The number of hydrogen-bond donors (Lipinski definition) is 0. The van der Waals surface area contributed by atoms with Crippen molar-refractivity contribution in [1.82, 2.24) is 0 Å². The van der Waals surface area contributed by atoms with Crippen LogP contribution in [0.5, 0.6) is 0 Å². The number of hydrogen-bond acceptors (Lipinski definition) is 5. The third-order valence-electron chi connectivity index (χ3n) is 8.16. The van der Waals surface area contributed by atoms with Crippen LogP contribution < -0.4 is 0 Å².